The van der Waals surface area contributed by atoms with Gasteiger partial charge in [0, 0.05) is 54.4 Å². The number of aromatic amines is 1. The van der Waals surface area contributed by atoms with Crippen molar-refractivity contribution >= 4 is 39.5 Å². The summed E-state index contributed by atoms with van der Waals surface area (Å²) in [5.74, 6) is -0.589. The van der Waals surface area contributed by atoms with Gasteiger partial charge < -0.3 is 20.0 Å². The average molecular weight is 485 g/mol. The normalized spacial score (nSPS) is 14.2. The van der Waals surface area contributed by atoms with Crippen LogP contribution in [0.25, 0.3) is 21.9 Å². The minimum Gasteiger partial charge on any atom is -0.451 e. The van der Waals surface area contributed by atoms with Gasteiger partial charge in [0.15, 0.2) is 5.76 Å². The molecule has 0 spiro atoms. The lowest BCUT2D eigenvalue weighted by Gasteiger charge is -2.36. The number of carbonyl (C=O) groups excluding carboxylic acids is 2. The Morgan fingerprint density at radius 1 is 1.08 bits per heavy atom. The zero-order valence-corrected chi connectivity index (χ0v) is 19.9. The molecule has 1 saturated heterocycles. The standard InChI is InChI=1S/C27H28N6O3/c28-16-18-4-6-23-22(13-18)19(17-30-23)3-1-2-8-32-9-11-33(12-10-32)21-5-7-24-20(14-21)15-25(36-24)26(34)31-27(29)35/h4-7,13-15,17,30H,1-3,8-12H2,(H3,29,31,34,35). The molecule has 1 fully saturated rings. The highest BCUT2D eigenvalue weighted by Gasteiger charge is 2.19. The number of furan rings is 1. The SMILES string of the molecule is N#Cc1ccc2[nH]cc(CCCCN3CCN(c4ccc5oc(C(=O)NC(N)=O)cc5c4)CC3)c2c1. The van der Waals surface area contributed by atoms with Crippen molar-refractivity contribution in [2.75, 3.05) is 37.6 Å². The number of aromatic nitrogens is 1. The number of H-pyrrole nitrogens is 1. The van der Waals surface area contributed by atoms with Crippen LogP contribution in [0, 0.1) is 11.3 Å². The Morgan fingerprint density at radius 3 is 2.69 bits per heavy atom. The van der Waals surface area contributed by atoms with Gasteiger partial charge in [-0.3, -0.25) is 15.0 Å². The average Bonchev–Trinajstić information content (AvgIpc) is 3.50. The fourth-order valence-corrected chi connectivity index (χ4v) is 4.85. The molecule has 4 aromatic rings. The second-order valence-electron chi connectivity index (χ2n) is 9.12. The molecule has 0 bridgehead atoms. The lowest BCUT2D eigenvalue weighted by Crippen LogP contribution is -2.46. The molecule has 9 heteroatoms. The number of hydrogen-bond donors (Lipinski definition) is 3. The Hall–Kier alpha value is -4.29. The first-order valence-corrected chi connectivity index (χ1v) is 12.1. The van der Waals surface area contributed by atoms with Gasteiger partial charge in [-0.2, -0.15) is 5.26 Å². The number of imide groups is 1. The number of benzene rings is 2. The maximum Gasteiger partial charge on any atom is 0.319 e. The summed E-state index contributed by atoms with van der Waals surface area (Å²) in [5.41, 5.74) is 9.74. The highest BCUT2D eigenvalue weighted by molar-refractivity contribution is 6.04. The van der Waals surface area contributed by atoms with E-state index in [1.54, 1.807) is 6.07 Å². The first-order valence-electron chi connectivity index (χ1n) is 12.1. The molecule has 3 heterocycles. The fourth-order valence-electron chi connectivity index (χ4n) is 4.85. The van der Waals surface area contributed by atoms with Crippen LogP contribution in [0.15, 0.2) is 53.1 Å². The summed E-state index contributed by atoms with van der Waals surface area (Å²) in [6, 6.07) is 14.6. The van der Waals surface area contributed by atoms with Crippen molar-refractivity contribution in [3.05, 3.63) is 65.5 Å². The molecule has 184 valence electrons. The largest absolute Gasteiger partial charge is 0.451 e. The minimum absolute atomic E-state index is 0.0592. The third-order valence-electron chi connectivity index (χ3n) is 6.76. The van der Waals surface area contributed by atoms with Crippen molar-refractivity contribution in [2.24, 2.45) is 5.73 Å². The second-order valence-corrected chi connectivity index (χ2v) is 9.12. The van der Waals surface area contributed by atoms with E-state index in [4.69, 9.17) is 15.4 Å². The molecule has 5 rings (SSSR count). The number of nitrogens with two attached hydrogens (primary N) is 1. The van der Waals surface area contributed by atoms with Crippen LogP contribution >= 0.6 is 0 Å². The number of nitrogens with one attached hydrogen (secondary N) is 2. The summed E-state index contributed by atoms with van der Waals surface area (Å²) in [5, 5.41) is 13.1. The van der Waals surface area contributed by atoms with Crippen molar-refractivity contribution in [3.8, 4) is 6.07 Å². The van der Waals surface area contributed by atoms with Crippen molar-refractivity contribution < 1.29 is 14.0 Å². The maximum absolute atomic E-state index is 12.0. The third-order valence-corrected chi connectivity index (χ3v) is 6.76. The van der Waals surface area contributed by atoms with E-state index in [1.807, 2.05) is 41.7 Å². The Morgan fingerprint density at radius 2 is 1.92 bits per heavy atom. The van der Waals surface area contributed by atoms with Crippen LogP contribution in [-0.2, 0) is 6.42 Å². The zero-order valence-electron chi connectivity index (χ0n) is 19.9. The number of aryl methyl sites for hydroxylation is 1. The quantitative estimate of drug-likeness (QED) is 0.343. The molecule has 4 N–H and O–H groups in total. The van der Waals surface area contributed by atoms with Gasteiger partial charge >= 0.3 is 6.03 Å². The number of rotatable bonds is 7. The van der Waals surface area contributed by atoms with Gasteiger partial charge in [-0.05, 0) is 73.8 Å². The van der Waals surface area contributed by atoms with Gasteiger partial charge in [0.2, 0.25) is 0 Å². The number of nitriles is 1. The third kappa shape index (κ3) is 5.04. The van der Waals surface area contributed by atoms with Crippen LogP contribution in [0.5, 0.6) is 0 Å². The molecular weight excluding hydrogens is 456 g/mol. The minimum atomic E-state index is -0.911. The van der Waals surface area contributed by atoms with Crippen molar-refractivity contribution in [2.45, 2.75) is 19.3 Å². The predicted molar refractivity (Wildman–Crippen MR) is 138 cm³/mol. The first-order chi connectivity index (χ1) is 17.5. The van der Waals surface area contributed by atoms with E-state index in [-0.39, 0.29) is 5.76 Å². The Labute approximate surface area is 208 Å². The van der Waals surface area contributed by atoms with Gasteiger partial charge in [0.25, 0.3) is 5.91 Å². The van der Waals surface area contributed by atoms with E-state index in [2.05, 4.69) is 27.0 Å². The van der Waals surface area contributed by atoms with Crippen LogP contribution in [0.1, 0.15) is 34.5 Å². The highest BCUT2D eigenvalue weighted by atomic mass is 16.3. The molecule has 0 unspecified atom stereocenters. The lowest BCUT2D eigenvalue weighted by atomic mass is 10.1. The van der Waals surface area contributed by atoms with E-state index in [0.29, 0.717) is 11.1 Å². The molecule has 3 amide bonds. The molecule has 2 aromatic heterocycles. The van der Waals surface area contributed by atoms with Gasteiger partial charge in [-0.15, -0.1) is 0 Å². The van der Waals surface area contributed by atoms with Crippen LogP contribution in [0.4, 0.5) is 10.5 Å². The summed E-state index contributed by atoms with van der Waals surface area (Å²) in [4.78, 5) is 31.0. The van der Waals surface area contributed by atoms with Crippen LogP contribution in [0.3, 0.4) is 0 Å². The monoisotopic (exact) mass is 484 g/mol. The predicted octanol–water partition coefficient (Wildman–Crippen LogP) is 3.74. The van der Waals surface area contributed by atoms with E-state index in [1.165, 1.54) is 5.56 Å². The van der Waals surface area contributed by atoms with Crippen LogP contribution < -0.4 is 16.0 Å². The number of fused-ring (bicyclic) bond motifs is 2. The number of carbonyl (C=O) groups is 2. The number of hydrogen-bond acceptors (Lipinski definition) is 6. The number of piperazine rings is 1. The summed E-state index contributed by atoms with van der Waals surface area (Å²) in [7, 11) is 0. The summed E-state index contributed by atoms with van der Waals surface area (Å²) >= 11 is 0. The highest BCUT2D eigenvalue weighted by Crippen LogP contribution is 2.26. The summed E-state index contributed by atoms with van der Waals surface area (Å²) in [6.07, 6.45) is 5.29. The number of amides is 3. The number of urea groups is 1. The summed E-state index contributed by atoms with van der Waals surface area (Å²) < 4.78 is 5.54. The van der Waals surface area contributed by atoms with Crippen molar-refractivity contribution in [1.29, 1.82) is 5.26 Å². The van der Waals surface area contributed by atoms with Crippen LogP contribution in [-0.4, -0.2) is 54.5 Å². The Kier molecular flexibility index (Phi) is 6.60. The fraction of sp³-hybridized carbons (Fsp3) is 0.296. The van der Waals surface area contributed by atoms with Crippen molar-refractivity contribution in [3.63, 3.8) is 0 Å². The number of primary amides is 1. The Bertz CT molecular complexity index is 1460. The molecule has 2 aromatic carbocycles. The van der Waals surface area contributed by atoms with E-state index < -0.39 is 11.9 Å². The molecule has 0 radical (unpaired) electrons. The van der Waals surface area contributed by atoms with Gasteiger partial charge in [-0.1, -0.05) is 0 Å². The first kappa shape index (κ1) is 23.5. The molecule has 0 atom stereocenters. The smallest absolute Gasteiger partial charge is 0.319 e. The van der Waals surface area contributed by atoms with E-state index in [0.717, 1.165) is 74.0 Å². The van der Waals surface area contributed by atoms with Gasteiger partial charge in [-0.25, -0.2) is 4.79 Å². The van der Waals surface area contributed by atoms with Crippen LogP contribution in [0.2, 0.25) is 0 Å². The lowest BCUT2D eigenvalue weighted by molar-refractivity contribution is 0.0941. The topological polar surface area (TPSA) is 131 Å². The van der Waals surface area contributed by atoms with E-state index in [9.17, 15) is 9.59 Å². The number of unbranched alkanes of at least 4 members (excludes halogenated alkanes) is 1. The Balaban J connectivity index is 1.11. The zero-order chi connectivity index (χ0) is 25.1. The number of nitrogens with zero attached hydrogens (tertiary/aromatic N) is 3. The molecule has 0 aliphatic carbocycles. The van der Waals surface area contributed by atoms with E-state index >= 15 is 0 Å². The number of anilines is 1. The molecule has 1 aliphatic heterocycles. The van der Waals surface area contributed by atoms with Gasteiger partial charge in [0.05, 0.1) is 11.6 Å². The molecular formula is C27H28N6O3. The molecule has 36 heavy (non-hydrogen) atoms. The molecule has 9 nitrogen and oxygen atoms in total. The second kappa shape index (κ2) is 10.1. The van der Waals surface area contributed by atoms with Crippen molar-refractivity contribution in [1.82, 2.24) is 15.2 Å². The summed E-state index contributed by atoms with van der Waals surface area (Å²) in [6.45, 7) is 4.91. The molecule has 1 aliphatic rings. The maximum atomic E-state index is 12.0. The molecule has 0 saturated carbocycles. The van der Waals surface area contributed by atoms with Gasteiger partial charge in [0.1, 0.15) is 5.58 Å².